The number of methoxy groups -OCH3 is 1. The number of rotatable bonds is 9. The van der Waals surface area contributed by atoms with E-state index in [1.807, 2.05) is 53.9 Å². The van der Waals surface area contributed by atoms with Crippen LogP contribution in [0.2, 0.25) is 5.02 Å². The van der Waals surface area contributed by atoms with Crippen molar-refractivity contribution >= 4 is 40.5 Å². The summed E-state index contributed by atoms with van der Waals surface area (Å²) < 4.78 is 19.2. The first-order valence-electron chi connectivity index (χ1n) is 17.1. The molecule has 3 atom stereocenters. The quantitative estimate of drug-likeness (QED) is 0.214. The highest BCUT2D eigenvalue weighted by Crippen LogP contribution is 2.44. The van der Waals surface area contributed by atoms with Gasteiger partial charge in [0.15, 0.2) is 17.7 Å². The topological polar surface area (TPSA) is 160 Å². The lowest BCUT2D eigenvalue weighted by Crippen LogP contribution is -2.54. The number of amides is 1. The Morgan fingerprint density at radius 3 is 2.62 bits per heavy atom. The summed E-state index contributed by atoms with van der Waals surface area (Å²) in [6.45, 7) is 4.46. The first-order chi connectivity index (χ1) is 24.2. The Balaban J connectivity index is 1.24. The molecule has 6 heterocycles. The van der Waals surface area contributed by atoms with E-state index in [0.717, 1.165) is 30.6 Å². The maximum absolute atomic E-state index is 11.6. The molecule has 14 nitrogen and oxygen atoms in total. The number of carbonyl (C=O) groups is 1. The fourth-order valence-electron chi connectivity index (χ4n) is 7.60. The number of hydrogen-bond donors (Lipinski definition) is 3. The molecule has 3 aromatic heterocycles. The molecule has 15 heteroatoms. The number of fused-ring (bicyclic) bond motifs is 1. The maximum atomic E-state index is 11.6. The molecule has 3 N–H and O–H groups in total. The SMILES string of the molecule is COc1ccc(CN(C)c2nccc(-c3nn(C4CCCCO4)c4nc(N5CCC6(CC5)CO[C@@H](C)[C@H]6NC(=O)O)c(CO)nc34)c2Cl)cc1. The third-order valence-corrected chi connectivity index (χ3v) is 10.7. The van der Waals surface area contributed by atoms with Gasteiger partial charge in [-0.3, -0.25) is 0 Å². The summed E-state index contributed by atoms with van der Waals surface area (Å²) in [5.74, 6) is 1.95. The van der Waals surface area contributed by atoms with Gasteiger partial charge in [0.05, 0.1) is 37.5 Å². The van der Waals surface area contributed by atoms with E-state index in [4.69, 9.17) is 40.9 Å². The summed E-state index contributed by atoms with van der Waals surface area (Å²) in [7, 11) is 3.58. The van der Waals surface area contributed by atoms with E-state index < -0.39 is 6.09 Å². The van der Waals surface area contributed by atoms with Crippen LogP contribution in [0.5, 0.6) is 5.75 Å². The third kappa shape index (κ3) is 6.41. The Labute approximate surface area is 295 Å². The number of aliphatic hydroxyl groups is 1. The van der Waals surface area contributed by atoms with Crippen molar-refractivity contribution in [2.24, 2.45) is 5.41 Å². The number of anilines is 2. The number of aliphatic hydroxyl groups excluding tert-OH is 1. The van der Waals surface area contributed by atoms with Crippen LogP contribution in [0.1, 0.15) is 56.5 Å². The summed E-state index contributed by atoms with van der Waals surface area (Å²) in [5.41, 5.74) is 3.43. The lowest BCUT2D eigenvalue weighted by Gasteiger charge is -2.42. The van der Waals surface area contributed by atoms with Gasteiger partial charge < -0.3 is 39.5 Å². The predicted octanol–water partition coefficient (Wildman–Crippen LogP) is 5.02. The van der Waals surface area contributed by atoms with Gasteiger partial charge in [-0.1, -0.05) is 23.7 Å². The van der Waals surface area contributed by atoms with Crippen LogP contribution >= 0.6 is 11.6 Å². The maximum Gasteiger partial charge on any atom is 0.404 e. The molecule has 0 saturated carbocycles. The van der Waals surface area contributed by atoms with Crippen LogP contribution in [0.3, 0.4) is 0 Å². The minimum Gasteiger partial charge on any atom is -0.497 e. The summed E-state index contributed by atoms with van der Waals surface area (Å²) in [6, 6.07) is 9.38. The Hall–Kier alpha value is -4.24. The molecular formula is C35H43ClN8O6. The van der Waals surface area contributed by atoms with Crippen LogP contribution in [0.15, 0.2) is 36.5 Å². The second kappa shape index (κ2) is 14.2. The Kier molecular flexibility index (Phi) is 9.70. The van der Waals surface area contributed by atoms with Gasteiger partial charge in [-0.25, -0.2) is 24.4 Å². The molecule has 50 heavy (non-hydrogen) atoms. The molecule has 1 amide bonds. The smallest absolute Gasteiger partial charge is 0.404 e. The summed E-state index contributed by atoms with van der Waals surface area (Å²) in [6.07, 6.45) is 4.25. The minimum atomic E-state index is -1.05. The van der Waals surface area contributed by atoms with Crippen molar-refractivity contribution in [1.29, 1.82) is 0 Å². The Morgan fingerprint density at radius 2 is 1.94 bits per heavy atom. The fourth-order valence-corrected chi connectivity index (χ4v) is 7.94. The normalized spacial score (nSPS) is 21.9. The molecule has 0 aliphatic carbocycles. The van der Waals surface area contributed by atoms with Crippen LogP contribution in [0.4, 0.5) is 16.4 Å². The number of pyridine rings is 1. The number of nitrogens with zero attached hydrogens (tertiary/aromatic N) is 7. The lowest BCUT2D eigenvalue weighted by atomic mass is 9.73. The van der Waals surface area contributed by atoms with E-state index in [0.29, 0.717) is 90.5 Å². The zero-order chi connectivity index (χ0) is 35.0. The molecule has 3 aliphatic rings. The molecule has 266 valence electrons. The molecule has 0 bridgehead atoms. The van der Waals surface area contributed by atoms with Gasteiger partial charge in [0.1, 0.15) is 28.5 Å². The molecule has 0 radical (unpaired) electrons. The van der Waals surface area contributed by atoms with Gasteiger partial charge in [0.25, 0.3) is 0 Å². The molecule has 3 fully saturated rings. The van der Waals surface area contributed by atoms with Crippen molar-refractivity contribution in [2.45, 2.75) is 70.6 Å². The molecule has 4 aromatic rings. The first-order valence-corrected chi connectivity index (χ1v) is 17.5. The van der Waals surface area contributed by atoms with E-state index >= 15 is 0 Å². The standard InChI is InChI=1S/C35H43ClN8O6/c1-21-30(39-34(46)47)35(20-50-21)12-15-43(16-13-35)31-25(19-45)38-29-28(41-44(33(29)40-31)26-6-4-5-17-49-26)24-11-14-37-32(27(24)36)42(2)18-22-7-9-23(48-3)10-8-22/h7-11,14,21,26,30,39,45H,4-6,12-13,15-20H2,1-3H3,(H,46,47)/t21-,26?,30+/m0/s1. The van der Waals surface area contributed by atoms with Crippen molar-refractivity contribution in [3.8, 4) is 17.0 Å². The van der Waals surface area contributed by atoms with Crippen LogP contribution in [0.25, 0.3) is 22.4 Å². The van der Waals surface area contributed by atoms with E-state index in [9.17, 15) is 15.0 Å². The number of hydrogen-bond acceptors (Lipinski definition) is 11. The van der Waals surface area contributed by atoms with Gasteiger partial charge in [0, 0.05) is 50.5 Å². The molecule has 7 rings (SSSR count). The monoisotopic (exact) mass is 706 g/mol. The third-order valence-electron chi connectivity index (χ3n) is 10.3. The van der Waals surface area contributed by atoms with E-state index in [-0.39, 0.29) is 30.4 Å². The highest BCUT2D eigenvalue weighted by Gasteiger charge is 2.50. The number of aromatic nitrogens is 5. The zero-order valence-electron chi connectivity index (χ0n) is 28.5. The first kappa shape index (κ1) is 34.2. The fraction of sp³-hybridized carbons (Fsp3) is 0.514. The average molecular weight is 707 g/mol. The predicted molar refractivity (Wildman–Crippen MR) is 188 cm³/mol. The van der Waals surface area contributed by atoms with Crippen LogP contribution in [0, 0.1) is 5.41 Å². The molecule has 1 unspecified atom stereocenters. The van der Waals surface area contributed by atoms with E-state index in [1.165, 1.54) is 0 Å². The molecule has 1 aromatic carbocycles. The van der Waals surface area contributed by atoms with Crippen LogP contribution in [-0.4, -0.2) is 93.6 Å². The Morgan fingerprint density at radius 1 is 1.16 bits per heavy atom. The number of piperidine rings is 1. The number of benzene rings is 1. The van der Waals surface area contributed by atoms with Crippen molar-refractivity contribution in [3.05, 3.63) is 52.8 Å². The Bertz CT molecular complexity index is 1840. The van der Waals surface area contributed by atoms with Crippen LogP contribution in [-0.2, 0) is 22.6 Å². The summed E-state index contributed by atoms with van der Waals surface area (Å²) in [4.78, 5) is 30.5. The van der Waals surface area contributed by atoms with Crippen molar-refractivity contribution in [3.63, 3.8) is 0 Å². The lowest BCUT2D eigenvalue weighted by molar-refractivity contribution is -0.0368. The molecular weight excluding hydrogens is 664 g/mol. The van der Waals surface area contributed by atoms with Crippen molar-refractivity contribution in [1.82, 2.24) is 30.0 Å². The summed E-state index contributed by atoms with van der Waals surface area (Å²) in [5, 5.41) is 28.3. The highest BCUT2D eigenvalue weighted by molar-refractivity contribution is 6.36. The van der Waals surface area contributed by atoms with Crippen molar-refractivity contribution < 1.29 is 29.2 Å². The number of ether oxygens (including phenoxy) is 3. The van der Waals surface area contributed by atoms with Gasteiger partial charge in [-0.05, 0) is 62.8 Å². The second-order valence-electron chi connectivity index (χ2n) is 13.4. The summed E-state index contributed by atoms with van der Waals surface area (Å²) >= 11 is 7.12. The molecule has 3 saturated heterocycles. The second-order valence-corrected chi connectivity index (χ2v) is 13.8. The van der Waals surface area contributed by atoms with Gasteiger partial charge in [-0.15, -0.1) is 0 Å². The van der Waals surface area contributed by atoms with Gasteiger partial charge in [-0.2, -0.15) is 5.10 Å². The van der Waals surface area contributed by atoms with E-state index in [1.54, 1.807) is 13.3 Å². The number of carboxylic acid groups (broad SMARTS) is 1. The zero-order valence-corrected chi connectivity index (χ0v) is 29.3. The highest BCUT2D eigenvalue weighted by atomic mass is 35.5. The minimum absolute atomic E-state index is 0.215. The van der Waals surface area contributed by atoms with E-state index in [2.05, 4.69) is 15.2 Å². The average Bonchev–Trinajstić information content (AvgIpc) is 3.65. The molecule has 1 spiro atoms. The van der Waals surface area contributed by atoms with Crippen LogP contribution < -0.4 is 19.9 Å². The molecule has 3 aliphatic heterocycles. The largest absolute Gasteiger partial charge is 0.497 e. The van der Waals surface area contributed by atoms with Gasteiger partial charge >= 0.3 is 6.09 Å². The van der Waals surface area contributed by atoms with Crippen molar-refractivity contribution in [2.75, 3.05) is 50.3 Å². The number of halogens is 1. The van der Waals surface area contributed by atoms with Gasteiger partial charge in [0.2, 0.25) is 0 Å². The number of nitrogens with one attached hydrogen (secondary N) is 1.